The Labute approximate surface area is 781 Å². The topological polar surface area (TPSA) is 103 Å². The second-order valence-corrected chi connectivity index (χ2v) is 22.8. The third kappa shape index (κ3) is 54.6. The summed E-state index contributed by atoms with van der Waals surface area (Å²) in [5.41, 5.74) is 16.1. The molecule has 8 aromatic heterocycles. The molecule has 0 amide bonds. The van der Waals surface area contributed by atoms with Crippen molar-refractivity contribution < 1.29 is 80.4 Å². The predicted molar refractivity (Wildman–Crippen MR) is 503 cm³/mol. The molecule has 8 nitrogen and oxygen atoms in total. The molecule has 644 valence electrons. The van der Waals surface area contributed by atoms with Gasteiger partial charge in [0.2, 0.25) is 0 Å². The van der Waals surface area contributed by atoms with Gasteiger partial charge >= 0.3 is 0 Å². The van der Waals surface area contributed by atoms with Crippen LogP contribution in [0.2, 0.25) is 0 Å². The molecule has 0 aliphatic rings. The van der Waals surface area contributed by atoms with E-state index in [1.807, 2.05) is 340 Å². The SMILES string of the molecule is CCC.CCC.CCC.CCC.[CH3-].[CH3-].[CH3-].[CH3-].[CH3-].[CH3-].[CH3-].[CH3-].[Ir].[Ir].[Ir].[Ir].[c-]1ccccc1-c1ccccn1.[c-]1ccccc1-c1ccccn1.[c-]1ccccc1-c1ccccn1.[c-]1ccccc1-c1ccccn1.[c-]1ccccc1-c1ccccn1.[c-]1ccccc1-c1ccccn1.[c-]1ccccc1-c1ccccn1.[c-]1ccccc1-c1ccccn1. The van der Waals surface area contributed by atoms with Gasteiger partial charge in [-0.15, -0.1) is 287 Å². The molecule has 12 heteroatoms. The van der Waals surface area contributed by atoms with E-state index in [0.29, 0.717) is 0 Å². The minimum atomic E-state index is 0. The summed E-state index contributed by atoms with van der Waals surface area (Å²) in [5.74, 6) is 0. The zero-order chi connectivity index (χ0) is 76.6. The molecule has 0 aliphatic heterocycles. The van der Waals surface area contributed by atoms with Crippen molar-refractivity contribution in [2.24, 2.45) is 0 Å². The molecule has 0 spiro atoms. The first kappa shape index (κ1) is 125. The molecule has 0 aliphatic carbocycles. The maximum absolute atomic E-state index is 4.22. The van der Waals surface area contributed by atoms with Gasteiger partial charge in [-0.25, -0.2) is 0 Å². The minimum absolute atomic E-state index is 0. The average Bonchev–Trinajstić information content (AvgIpc) is 0.945. The van der Waals surface area contributed by atoms with Gasteiger partial charge in [-0.2, -0.15) is 0 Å². The van der Waals surface area contributed by atoms with Crippen LogP contribution in [-0.2, 0) is 80.4 Å². The first-order valence-corrected chi connectivity index (χ1v) is 36.4. The quantitative estimate of drug-likeness (QED) is 0.139. The summed E-state index contributed by atoms with van der Waals surface area (Å²) in [6, 6.07) is 135. The summed E-state index contributed by atoms with van der Waals surface area (Å²) in [5, 5.41) is 0. The number of benzene rings is 8. The largest absolute Gasteiger partial charge is 0.358 e. The molecule has 16 aromatic rings. The number of pyridine rings is 8. The Morgan fingerprint density at radius 1 is 0.150 bits per heavy atom. The van der Waals surface area contributed by atoms with E-state index in [0.717, 1.165) is 90.1 Å². The van der Waals surface area contributed by atoms with Gasteiger partial charge < -0.3 is 99.3 Å². The first-order chi connectivity index (χ1) is 53.4. The van der Waals surface area contributed by atoms with Gasteiger partial charge in [0.05, 0.1) is 0 Å². The van der Waals surface area contributed by atoms with Crippen LogP contribution in [0.15, 0.2) is 389 Å². The van der Waals surface area contributed by atoms with Crippen molar-refractivity contribution in [3.8, 4) is 90.1 Å². The van der Waals surface area contributed by atoms with Crippen molar-refractivity contribution in [3.63, 3.8) is 0 Å². The Balaban J connectivity index is -0.000000193. The predicted octanol–water partition coefficient (Wildman–Crippen LogP) is 29.6. The van der Waals surface area contributed by atoms with Crippen LogP contribution in [-0.4, -0.2) is 39.9 Å². The third-order valence-corrected chi connectivity index (χ3v) is 13.2. The average molecular weight is 2300 g/mol. The van der Waals surface area contributed by atoms with Crippen LogP contribution in [0.5, 0.6) is 0 Å². The van der Waals surface area contributed by atoms with Crippen LogP contribution < -0.4 is 0 Å². The Bertz CT molecular complexity index is 3420. The van der Waals surface area contributed by atoms with Crippen LogP contribution in [0, 0.1) is 108 Å². The fourth-order valence-corrected chi connectivity index (χ4v) is 8.60. The number of aromatic nitrogens is 8. The van der Waals surface area contributed by atoms with Gasteiger partial charge in [-0.05, 0) is 94.1 Å². The maximum Gasteiger partial charge on any atom is 0.0160 e. The molecule has 0 saturated heterocycles. The molecular formula is C108H120Ir4N8-16. The van der Waals surface area contributed by atoms with E-state index >= 15 is 0 Å². The smallest absolute Gasteiger partial charge is 0.0160 e. The van der Waals surface area contributed by atoms with E-state index in [-0.39, 0.29) is 140 Å². The summed E-state index contributed by atoms with van der Waals surface area (Å²) < 4.78 is 0. The van der Waals surface area contributed by atoms with Gasteiger partial charge in [-0.3, -0.25) is 0 Å². The van der Waals surface area contributed by atoms with Crippen molar-refractivity contribution in [1.29, 1.82) is 0 Å². The zero-order valence-corrected chi connectivity index (χ0v) is 82.3. The summed E-state index contributed by atoms with van der Waals surface area (Å²) in [4.78, 5) is 33.7. The van der Waals surface area contributed by atoms with Crippen LogP contribution in [0.1, 0.15) is 81.1 Å². The Hall–Kier alpha value is -10.4. The zero-order valence-electron chi connectivity index (χ0n) is 72.7. The maximum atomic E-state index is 4.22. The Morgan fingerprint density at radius 3 is 0.308 bits per heavy atom. The van der Waals surface area contributed by atoms with E-state index in [1.165, 1.54) is 25.7 Å². The number of hydrogen-bond acceptors (Lipinski definition) is 8. The van der Waals surface area contributed by atoms with Crippen molar-refractivity contribution in [2.45, 2.75) is 81.1 Å². The van der Waals surface area contributed by atoms with Gasteiger partial charge in [0, 0.05) is 130 Å². The van der Waals surface area contributed by atoms with Gasteiger partial charge in [0.15, 0.2) is 0 Å². The monoisotopic (exact) mass is 2300 g/mol. The summed E-state index contributed by atoms with van der Waals surface area (Å²) in [7, 11) is 0. The minimum Gasteiger partial charge on any atom is -0.358 e. The van der Waals surface area contributed by atoms with Crippen molar-refractivity contribution in [1.82, 2.24) is 39.9 Å². The molecule has 0 atom stereocenters. The van der Waals surface area contributed by atoms with Crippen molar-refractivity contribution >= 4 is 0 Å². The van der Waals surface area contributed by atoms with Gasteiger partial charge in [0.1, 0.15) is 0 Å². The fourth-order valence-electron chi connectivity index (χ4n) is 8.60. The molecule has 0 unspecified atom stereocenters. The normalized spacial score (nSPS) is 8.33. The standard InChI is InChI=1S/8C11H8N.4C3H8.8CH3.4Ir/c8*1-2-6-10(7-3-1)11-8-4-5-9-12-11;4*1-3-2;;;;;;;;;;;;/h8*1-6,8-9H;4*3H2,1-2H3;8*1H3;;;;/q8*-1;;;;;8*-1;;;;. The molecule has 0 bridgehead atoms. The summed E-state index contributed by atoms with van der Waals surface area (Å²) in [6.45, 7) is 17.0. The van der Waals surface area contributed by atoms with Crippen LogP contribution in [0.3, 0.4) is 0 Å². The first-order valence-electron chi connectivity index (χ1n) is 36.4. The van der Waals surface area contributed by atoms with Crippen LogP contribution in [0.4, 0.5) is 0 Å². The number of nitrogens with zero attached hydrogens (tertiary/aromatic N) is 8. The Morgan fingerprint density at radius 2 is 0.242 bits per heavy atom. The van der Waals surface area contributed by atoms with E-state index < -0.39 is 0 Å². The number of hydrogen-bond donors (Lipinski definition) is 0. The fraction of sp³-hybridized carbons (Fsp3) is 0.111. The van der Waals surface area contributed by atoms with E-state index in [9.17, 15) is 0 Å². The summed E-state index contributed by atoms with van der Waals surface area (Å²) in [6.07, 6.45) is 19.3. The molecule has 0 saturated carbocycles. The van der Waals surface area contributed by atoms with Gasteiger partial charge in [0.25, 0.3) is 0 Å². The molecule has 8 heterocycles. The molecular weight excluding hydrogens is 2180 g/mol. The Kier molecular flexibility index (Phi) is 88.7. The van der Waals surface area contributed by atoms with Gasteiger partial charge in [-0.1, -0.05) is 178 Å². The van der Waals surface area contributed by atoms with E-state index in [1.54, 1.807) is 49.6 Å². The molecule has 4 radical (unpaired) electrons. The molecule has 120 heavy (non-hydrogen) atoms. The molecule has 0 N–H and O–H groups in total. The molecule has 16 rings (SSSR count). The second kappa shape index (κ2) is 85.0. The van der Waals surface area contributed by atoms with Crippen LogP contribution >= 0.6 is 0 Å². The van der Waals surface area contributed by atoms with E-state index in [4.69, 9.17) is 0 Å². The third-order valence-electron chi connectivity index (χ3n) is 13.2. The summed E-state index contributed by atoms with van der Waals surface area (Å²) >= 11 is 0. The number of rotatable bonds is 8. The van der Waals surface area contributed by atoms with Crippen LogP contribution in [0.25, 0.3) is 90.1 Å². The van der Waals surface area contributed by atoms with E-state index in [2.05, 4.69) is 144 Å². The van der Waals surface area contributed by atoms with Crippen molar-refractivity contribution in [2.75, 3.05) is 0 Å². The second-order valence-electron chi connectivity index (χ2n) is 22.8. The molecule has 8 aromatic carbocycles. The van der Waals surface area contributed by atoms with Crippen molar-refractivity contribution in [3.05, 3.63) is 497 Å². The molecule has 0 fully saturated rings.